The van der Waals surface area contributed by atoms with Gasteiger partial charge in [-0.1, -0.05) is 12.7 Å². The van der Waals surface area contributed by atoms with Crippen molar-refractivity contribution in [3.8, 4) is 6.07 Å². The van der Waals surface area contributed by atoms with E-state index in [2.05, 4.69) is 47.0 Å². The van der Waals surface area contributed by atoms with Gasteiger partial charge in [0.2, 0.25) is 0 Å². The number of aromatic amines is 1. The van der Waals surface area contributed by atoms with Crippen molar-refractivity contribution in [1.82, 2.24) is 15.2 Å². The molecule has 0 unspecified atom stereocenters. The topological polar surface area (TPSA) is 77.4 Å². The Morgan fingerprint density at radius 1 is 1.50 bits per heavy atom. The maximum atomic E-state index is 9.13. The lowest BCUT2D eigenvalue weighted by molar-refractivity contribution is 0.892. The number of aromatic nitrogens is 3. The molecule has 5 nitrogen and oxygen atoms in total. The van der Waals surface area contributed by atoms with Crippen molar-refractivity contribution >= 4 is 22.3 Å². The summed E-state index contributed by atoms with van der Waals surface area (Å²) in [6, 6.07) is 4.28. The summed E-state index contributed by atoms with van der Waals surface area (Å²) < 4.78 is 0. The lowest BCUT2D eigenvalue weighted by Crippen LogP contribution is -2.11. The van der Waals surface area contributed by atoms with Crippen molar-refractivity contribution in [3.63, 3.8) is 0 Å². The number of H-pyrrole nitrogens is 1. The van der Waals surface area contributed by atoms with Crippen molar-refractivity contribution in [2.75, 3.05) is 5.32 Å². The van der Waals surface area contributed by atoms with Gasteiger partial charge in [0.25, 0.3) is 0 Å². The lowest BCUT2D eigenvalue weighted by atomic mass is 10.1. The van der Waals surface area contributed by atoms with Crippen LogP contribution in [0.5, 0.6) is 0 Å². The molecule has 0 amide bonds. The number of pyridine rings is 1. The quantitative estimate of drug-likeness (QED) is 0.649. The van der Waals surface area contributed by atoms with Gasteiger partial charge in [0, 0.05) is 12.2 Å². The van der Waals surface area contributed by atoms with Crippen LogP contribution in [0.15, 0.2) is 42.6 Å². The first-order valence-electron chi connectivity index (χ1n) is 7.08. The molecule has 0 radical (unpaired) electrons. The molecule has 0 atom stereocenters. The molecule has 0 aromatic carbocycles. The minimum atomic E-state index is 0.264. The Bertz CT molecular complexity index is 787. The zero-order valence-corrected chi connectivity index (χ0v) is 13.0. The average molecular weight is 293 g/mol. The van der Waals surface area contributed by atoms with Crippen molar-refractivity contribution in [2.24, 2.45) is 0 Å². The van der Waals surface area contributed by atoms with Gasteiger partial charge in [-0.25, -0.2) is 4.98 Å². The normalized spacial score (nSPS) is 12.5. The van der Waals surface area contributed by atoms with Gasteiger partial charge in [-0.2, -0.15) is 10.4 Å². The molecule has 5 heteroatoms. The Balaban J connectivity index is 2.57. The van der Waals surface area contributed by atoms with Gasteiger partial charge >= 0.3 is 0 Å². The van der Waals surface area contributed by atoms with Crippen LogP contribution in [0.1, 0.15) is 26.5 Å². The van der Waals surface area contributed by atoms with E-state index in [4.69, 9.17) is 5.26 Å². The van der Waals surface area contributed by atoms with E-state index in [1.54, 1.807) is 24.4 Å². The van der Waals surface area contributed by atoms with E-state index in [9.17, 15) is 0 Å². The number of anilines is 1. The molecule has 2 aromatic rings. The molecule has 2 N–H and O–H groups in total. The van der Waals surface area contributed by atoms with Crippen molar-refractivity contribution in [1.29, 1.82) is 5.26 Å². The summed E-state index contributed by atoms with van der Waals surface area (Å²) >= 11 is 0. The molecule has 0 saturated carbocycles. The van der Waals surface area contributed by atoms with Crippen LogP contribution in [0.4, 0.5) is 5.82 Å². The van der Waals surface area contributed by atoms with Gasteiger partial charge in [0.1, 0.15) is 5.82 Å². The van der Waals surface area contributed by atoms with Crippen LogP contribution in [-0.4, -0.2) is 21.2 Å². The molecule has 2 aromatic heterocycles. The molecule has 0 spiro atoms. The Hall–Kier alpha value is -2.87. The van der Waals surface area contributed by atoms with E-state index in [0.29, 0.717) is 5.57 Å². The molecule has 0 aliphatic carbocycles. The molecule has 0 saturated heterocycles. The summed E-state index contributed by atoms with van der Waals surface area (Å²) in [5.74, 6) is 0.787. The van der Waals surface area contributed by atoms with E-state index < -0.39 is 0 Å². The number of nitriles is 1. The van der Waals surface area contributed by atoms with Gasteiger partial charge in [-0.05, 0) is 44.6 Å². The average Bonchev–Trinajstić information content (AvgIpc) is 2.91. The third-order valence-corrected chi connectivity index (χ3v) is 3.07. The first-order valence-corrected chi connectivity index (χ1v) is 7.08. The summed E-state index contributed by atoms with van der Waals surface area (Å²) in [4.78, 5) is 4.40. The number of fused-ring (bicyclic) bond motifs is 1. The zero-order valence-electron chi connectivity index (χ0n) is 13.0. The van der Waals surface area contributed by atoms with Crippen LogP contribution < -0.4 is 5.32 Å². The van der Waals surface area contributed by atoms with E-state index in [1.807, 2.05) is 13.0 Å². The van der Waals surface area contributed by atoms with Crippen molar-refractivity contribution in [2.45, 2.75) is 26.8 Å². The van der Waals surface area contributed by atoms with E-state index in [-0.39, 0.29) is 6.04 Å². The summed E-state index contributed by atoms with van der Waals surface area (Å²) in [7, 11) is 0. The Kier molecular flexibility index (Phi) is 4.74. The smallest absolute Gasteiger partial charge is 0.137 e. The SMILES string of the molecule is C=C/C=C(C#N)\C=C(/C)c1n[nH]c2ccnc(NC(C)C)c12. The molecule has 0 aliphatic rings. The number of nitrogens with one attached hydrogen (secondary N) is 2. The fourth-order valence-corrected chi connectivity index (χ4v) is 2.18. The molecule has 2 rings (SSSR count). The van der Waals surface area contributed by atoms with Gasteiger partial charge in [0.05, 0.1) is 28.2 Å². The third-order valence-electron chi connectivity index (χ3n) is 3.07. The predicted octanol–water partition coefficient (Wildman–Crippen LogP) is 3.82. The van der Waals surface area contributed by atoms with Crippen LogP contribution in [-0.2, 0) is 0 Å². The van der Waals surface area contributed by atoms with Crippen LogP contribution in [0.2, 0.25) is 0 Å². The van der Waals surface area contributed by atoms with Gasteiger partial charge in [0.15, 0.2) is 0 Å². The van der Waals surface area contributed by atoms with Gasteiger partial charge < -0.3 is 5.32 Å². The number of nitrogens with zero attached hydrogens (tertiary/aromatic N) is 3. The largest absolute Gasteiger partial charge is 0.367 e. The Morgan fingerprint density at radius 2 is 2.27 bits per heavy atom. The summed E-state index contributed by atoms with van der Waals surface area (Å²) in [5.41, 5.74) is 3.12. The van der Waals surface area contributed by atoms with Crippen LogP contribution in [0, 0.1) is 11.3 Å². The minimum Gasteiger partial charge on any atom is -0.367 e. The zero-order chi connectivity index (χ0) is 16.1. The lowest BCUT2D eigenvalue weighted by Gasteiger charge is -2.10. The molecule has 112 valence electrons. The second kappa shape index (κ2) is 6.72. The molecular weight excluding hydrogens is 274 g/mol. The highest BCUT2D eigenvalue weighted by atomic mass is 15.1. The second-order valence-corrected chi connectivity index (χ2v) is 5.25. The summed E-state index contributed by atoms with van der Waals surface area (Å²) in [6.07, 6.45) is 6.80. The van der Waals surface area contributed by atoms with Gasteiger partial charge in [-0.3, -0.25) is 5.10 Å². The van der Waals surface area contributed by atoms with E-state index >= 15 is 0 Å². The Morgan fingerprint density at radius 3 is 2.91 bits per heavy atom. The van der Waals surface area contributed by atoms with Crippen LogP contribution in [0.25, 0.3) is 16.5 Å². The molecule has 22 heavy (non-hydrogen) atoms. The van der Waals surface area contributed by atoms with E-state index in [0.717, 1.165) is 28.0 Å². The molecule has 0 aliphatic heterocycles. The maximum absolute atomic E-state index is 9.13. The van der Waals surface area contributed by atoms with Crippen LogP contribution in [0.3, 0.4) is 0 Å². The van der Waals surface area contributed by atoms with E-state index in [1.165, 1.54) is 0 Å². The number of hydrogen-bond acceptors (Lipinski definition) is 4. The molecule has 0 fully saturated rings. The van der Waals surface area contributed by atoms with Crippen molar-refractivity contribution in [3.05, 3.63) is 48.3 Å². The summed E-state index contributed by atoms with van der Waals surface area (Å²) in [6.45, 7) is 9.66. The molecular formula is C17H19N5. The first-order chi connectivity index (χ1) is 10.6. The fraction of sp³-hybridized carbons (Fsp3) is 0.235. The fourth-order valence-electron chi connectivity index (χ4n) is 2.18. The predicted molar refractivity (Wildman–Crippen MR) is 90.2 cm³/mol. The van der Waals surface area contributed by atoms with Crippen molar-refractivity contribution < 1.29 is 0 Å². The highest BCUT2D eigenvalue weighted by Gasteiger charge is 2.13. The standard InChI is InChI=1S/C17H19N5/c1-5-6-13(10-18)9-12(4)16-15-14(21-22-16)7-8-19-17(15)20-11(2)3/h5-9,11H,1H2,2-4H3,(H,19,20)(H,21,22)/b12-9+,13-6+. The maximum Gasteiger partial charge on any atom is 0.137 e. The van der Waals surface area contributed by atoms with Gasteiger partial charge in [-0.15, -0.1) is 0 Å². The first kappa shape index (κ1) is 15.5. The molecule has 0 bridgehead atoms. The Labute approximate surface area is 130 Å². The number of hydrogen-bond donors (Lipinski definition) is 2. The minimum absolute atomic E-state index is 0.264. The monoisotopic (exact) mass is 293 g/mol. The molecule has 2 heterocycles. The number of rotatable bonds is 5. The summed E-state index contributed by atoms with van der Waals surface area (Å²) in [5, 5.41) is 20.8. The highest BCUT2D eigenvalue weighted by molar-refractivity contribution is 5.98. The number of allylic oxidation sites excluding steroid dienone is 5. The highest BCUT2D eigenvalue weighted by Crippen LogP contribution is 2.28. The third kappa shape index (κ3) is 3.23. The van der Waals surface area contributed by atoms with Crippen LogP contribution >= 0.6 is 0 Å². The second-order valence-electron chi connectivity index (χ2n) is 5.25.